The van der Waals surface area contributed by atoms with Crippen LogP contribution in [0.4, 0.5) is 0 Å². The largest absolute Gasteiger partial charge is 0.493 e. The van der Waals surface area contributed by atoms with Crippen molar-refractivity contribution in [1.29, 1.82) is 0 Å². The van der Waals surface area contributed by atoms with Gasteiger partial charge in [0.15, 0.2) is 5.11 Å². The lowest BCUT2D eigenvalue weighted by Crippen LogP contribution is -2.48. The number of amides is 2. The lowest BCUT2D eigenvalue weighted by Gasteiger charge is -2.11. The molecule has 0 unspecified atom stereocenters. The van der Waals surface area contributed by atoms with Gasteiger partial charge >= 0.3 is 0 Å². The first-order chi connectivity index (χ1) is 16.5. The lowest BCUT2D eigenvalue weighted by molar-refractivity contribution is 0.0934. The predicted octanol–water partition coefficient (Wildman–Crippen LogP) is 3.82. The molecule has 0 aliphatic carbocycles. The molecule has 3 N–H and O–H groups in total. The summed E-state index contributed by atoms with van der Waals surface area (Å²) in [7, 11) is 0. The average molecular weight is 476 g/mol. The number of thiocarbonyl (C=S) groups is 1. The van der Waals surface area contributed by atoms with Crippen LogP contribution in [-0.4, -0.2) is 30.1 Å². The highest BCUT2D eigenvalue weighted by atomic mass is 32.1. The van der Waals surface area contributed by atoms with Crippen molar-refractivity contribution in [3.05, 3.63) is 108 Å². The van der Waals surface area contributed by atoms with E-state index in [4.69, 9.17) is 21.7 Å². The average Bonchev–Trinajstić information content (AvgIpc) is 2.87. The number of hydrogen-bond acceptors (Lipinski definition) is 5. The van der Waals surface area contributed by atoms with Crippen LogP contribution in [0, 0.1) is 0 Å². The van der Waals surface area contributed by atoms with Crippen molar-refractivity contribution < 1.29 is 19.1 Å². The molecule has 34 heavy (non-hydrogen) atoms. The van der Waals surface area contributed by atoms with Gasteiger partial charge in [0, 0.05) is 17.5 Å². The number of ether oxygens (including phenoxy) is 2. The van der Waals surface area contributed by atoms with E-state index < -0.39 is 11.8 Å². The zero-order valence-electron chi connectivity index (χ0n) is 18.5. The van der Waals surface area contributed by atoms with E-state index in [9.17, 15) is 9.59 Å². The van der Waals surface area contributed by atoms with E-state index in [1.807, 2.05) is 30.3 Å². The van der Waals surface area contributed by atoms with Crippen molar-refractivity contribution in [3.8, 4) is 11.5 Å². The molecule has 0 bridgehead atoms. The minimum absolute atomic E-state index is 0.0347. The van der Waals surface area contributed by atoms with Crippen molar-refractivity contribution in [1.82, 2.24) is 16.2 Å². The fraction of sp³-hybridized carbons (Fsp3) is 0.115. The minimum atomic E-state index is -0.413. The molecular weight excluding hydrogens is 450 g/mol. The molecule has 3 aromatic rings. The van der Waals surface area contributed by atoms with Crippen LogP contribution in [0.2, 0.25) is 0 Å². The first-order valence-corrected chi connectivity index (χ1v) is 11.0. The Labute approximate surface area is 203 Å². The summed E-state index contributed by atoms with van der Waals surface area (Å²) in [4.78, 5) is 24.6. The first-order valence-electron chi connectivity index (χ1n) is 10.6. The summed E-state index contributed by atoms with van der Waals surface area (Å²) in [6.45, 7) is 4.50. The Balaban J connectivity index is 1.40. The quantitative estimate of drug-likeness (QED) is 0.248. The zero-order valence-corrected chi connectivity index (χ0v) is 19.3. The number of rotatable bonds is 9. The molecule has 0 saturated heterocycles. The number of nitrogens with one attached hydrogen (secondary N) is 3. The second-order valence-electron chi connectivity index (χ2n) is 7.09. The van der Waals surface area contributed by atoms with Crippen LogP contribution in [0.25, 0.3) is 0 Å². The third kappa shape index (κ3) is 7.75. The van der Waals surface area contributed by atoms with E-state index >= 15 is 0 Å². The Morgan fingerprint density at radius 1 is 0.794 bits per heavy atom. The second kappa shape index (κ2) is 12.8. The Hall–Kier alpha value is -4.17. The molecule has 0 aromatic heterocycles. The Bertz CT molecular complexity index is 1120. The molecule has 3 rings (SSSR count). The molecule has 0 aliphatic heterocycles. The van der Waals surface area contributed by atoms with Crippen molar-refractivity contribution in [2.75, 3.05) is 13.2 Å². The van der Waals surface area contributed by atoms with Crippen LogP contribution in [0.3, 0.4) is 0 Å². The van der Waals surface area contributed by atoms with Gasteiger partial charge in [-0.1, -0.05) is 43.0 Å². The van der Waals surface area contributed by atoms with Gasteiger partial charge < -0.3 is 9.47 Å². The molecule has 0 saturated carbocycles. The molecule has 174 valence electrons. The molecule has 0 fully saturated rings. The molecule has 7 nitrogen and oxygen atoms in total. The fourth-order valence-corrected chi connectivity index (χ4v) is 3.03. The Morgan fingerprint density at radius 3 is 2.00 bits per heavy atom. The molecule has 2 amide bonds. The second-order valence-corrected chi connectivity index (χ2v) is 7.50. The molecule has 0 heterocycles. The molecule has 3 aromatic carbocycles. The van der Waals surface area contributed by atoms with Crippen molar-refractivity contribution >= 4 is 29.1 Å². The van der Waals surface area contributed by atoms with Gasteiger partial charge in [0.2, 0.25) is 0 Å². The number of hydrazine groups is 1. The fourth-order valence-electron chi connectivity index (χ4n) is 2.88. The monoisotopic (exact) mass is 475 g/mol. The smallest absolute Gasteiger partial charge is 0.269 e. The summed E-state index contributed by atoms with van der Waals surface area (Å²) in [5.74, 6) is 0.469. The van der Waals surface area contributed by atoms with Gasteiger partial charge in [0.25, 0.3) is 11.8 Å². The molecule has 0 aliphatic rings. The highest BCUT2D eigenvalue weighted by Crippen LogP contribution is 2.13. The van der Waals surface area contributed by atoms with E-state index in [0.717, 1.165) is 6.42 Å². The van der Waals surface area contributed by atoms with Crippen LogP contribution < -0.4 is 25.6 Å². The topological polar surface area (TPSA) is 88.7 Å². The van der Waals surface area contributed by atoms with Gasteiger partial charge in [-0.25, -0.2) is 0 Å². The van der Waals surface area contributed by atoms with Gasteiger partial charge in [-0.05, 0) is 66.3 Å². The summed E-state index contributed by atoms with van der Waals surface area (Å²) >= 11 is 5.08. The lowest BCUT2D eigenvalue weighted by atomic mass is 10.2. The number of carbonyl (C=O) groups excluding carboxylic acids is 2. The van der Waals surface area contributed by atoms with E-state index in [1.165, 1.54) is 5.56 Å². The van der Waals surface area contributed by atoms with E-state index in [-0.39, 0.29) is 5.11 Å². The standard InChI is InChI=1S/C26H25N3O4S/c1-2-17-32-22-14-10-21(11-15-22)25(31)28-29-26(34)27-24(30)20-8-12-23(13-9-20)33-18-16-19-6-4-3-5-7-19/h2-15H,1,16-18H2,(H,28,31)(H2,27,29,30,34). The van der Waals surface area contributed by atoms with Crippen LogP contribution in [0.1, 0.15) is 26.3 Å². The number of carbonyl (C=O) groups is 2. The Kier molecular flexibility index (Phi) is 9.19. The van der Waals surface area contributed by atoms with E-state index in [1.54, 1.807) is 54.6 Å². The normalized spacial score (nSPS) is 10.0. The predicted molar refractivity (Wildman–Crippen MR) is 135 cm³/mol. The van der Waals surface area contributed by atoms with Gasteiger partial charge in [0.1, 0.15) is 18.1 Å². The van der Waals surface area contributed by atoms with Crippen molar-refractivity contribution in [3.63, 3.8) is 0 Å². The van der Waals surface area contributed by atoms with Crippen LogP contribution >= 0.6 is 12.2 Å². The Morgan fingerprint density at radius 2 is 1.38 bits per heavy atom. The summed E-state index contributed by atoms with van der Waals surface area (Å²) < 4.78 is 11.1. The molecule has 0 atom stereocenters. The summed E-state index contributed by atoms with van der Waals surface area (Å²) in [6.07, 6.45) is 2.43. The van der Waals surface area contributed by atoms with Gasteiger partial charge in [-0.3, -0.25) is 25.8 Å². The third-order valence-corrected chi connectivity index (χ3v) is 4.82. The van der Waals surface area contributed by atoms with Gasteiger partial charge in [0.05, 0.1) is 6.61 Å². The van der Waals surface area contributed by atoms with Crippen molar-refractivity contribution in [2.45, 2.75) is 6.42 Å². The third-order valence-electron chi connectivity index (χ3n) is 4.62. The van der Waals surface area contributed by atoms with Crippen LogP contribution in [0.5, 0.6) is 11.5 Å². The highest BCUT2D eigenvalue weighted by Gasteiger charge is 2.10. The summed E-state index contributed by atoms with van der Waals surface area (Å²) in [6, 6.07) is 23.4. The van der Waals surface area contributed by atoms with E-state index in [2.05, 4.69) is 22.7 Å². The maximum absolute atomic E-state index is 12.4. The highest BCUT2D eigenvalue weighted by molar-refractivity contribution is 7.80. The zero-order chi connectivity index (χ0) is 24.2. The number of hydrogen-bond donors (Lipinski definition) is 3. The summed E-state index contributed by atoms with van der Waals surface area (Å²) in [5, 5.41) is 2.48. The SMILES string of the molecule is C=CCOc1ccc(C(=O)NNC(=S)NC(=O)c2ccc(OCCc3ccccc3)cc2)cc1. The van der Waals surface area contributed by atoms with Crippen molar-refractivity contribution in [2.24, 2.45) is 0 Å². The minimum Gasteiger partial charge on any atom is -0.493 e. The first kappa shape index (κ1) is 24.5. The van der Waals surface area contributed by atoms with Crippen LogP contribution in [0.15, 0.2) is 91.5 Å². The number of benzene rings is 3. The molecule has 0 spiro atoms. The van der Waals surface area contributed by atoms with Crippen LogP contribution in [-0.2, 0) is 6.42 Å². The summed E-state index contributed by atoms with van der Waals surface area (Å²) in [5.41, 5.74) is 6.96. The molecular formula is C26H25N3O4S. The van der Waals surface area contributed by atoms with Gasteiger partial charge in [-0.2, -0.15) is 0 Å². The molecule has 8 heteroatoms. The van der Waals surface area contributed by atoms with Gasteiger partial charge in [-0.15, -0.1) is 0 Å². The maximum Gasteiger partial charge on any atom is 0.269 e. The van der Waals surface area contributed by atoms with E-state index in [0.29, 0.717) is 35.8 Å². The molecule has 0 radical (unpaired) electrons. The maximum atomic E-state index is 12.4.